The summed E-state index contributed by atoms with van der Waals surface area (Å²) in [6, 6.07) is 5.70. The molecular weight excluding hydrogens is 246 g/mol. The van der Waals surface area contributed by atoms with Crippen molar-refractivity contribution in [2.45, 2.75) is 13.8 Å². The molecule has 0 atom stereocenters. The van der Waals surface area contributed by atoms with Crippen LogP contribution in [0.25, 0.3) is 11.6 Å². The fourth-order valence-corrected chi connectivity index (χ4v) is 2.59. The smallest absolute Gasteiger partial charge is 0.337 e. The van der Waals surface area contributed by atoms with Crippen LogP contribution in [0.5, 0.6) is 0 Å². The molecule has 0 amide bonds. The first-order valence-corrected chi connectivity index (χ1v) is 6.50. The van der Waals surface area contributed by atoms with Crippen molar-refractivity contribution in [1.82, 2.24) is 4.57 Å². The minimum Gasteiger partial charge on any atom is -0.478 e. The second-order valence-electron chi connectivity index (χ2n) is 4.23. The molecule has 4 heteroatoms. The molecule has 2 aromatic heterocycles. The van der Waals surface area contributed by atoms with Crippen molar-refractivity contribution in [1.29, 1.82) is 0 Å². The lowest BCUT2D eigenvalue weighted by Crippen LogP contribution is -1.98. The summed E-state index contributed by atoms with van der Waals surface area (Å²) in [5.41, 5.74) is 3.50. The van der Waals surface area contributed by atoms with Gasteiger partial charge in [0.2, 0.25) is 0 Å². The summed E-state index contributed by atoms with van der Waals surface area (Å²) in [5.74, 6) is -0.890. The molecular formula is C14H15NO2S. The molecule has 2 heterocycles. The Bertz CT molecular complexity index is 606. The van der Waals surface area contributed by atoms with Crippen LogP contribution in [-0.2, 0) is 11.8 Å². The van der Waals surface area contributed by atoms with Gasteiger partial charge >= 0.3 is 5.97 Å². The highest BCUT2D eigenvalue weighted by atomic mass is 32.1. The van der Waals surface area contributed by atoms with E-state index in [4.69, 9.17) is 0 Å². The molecule has 2 aromatic rings. The molecule has 0 radical (unpaired) electrons. The summed E-state index contributed by atoms with van der Waals surface area (Å²) in [4.78, 5) is 12.1. The van der Waals surface area contributed by atoms with E-state index in [-0.39, 0.29) is 0 Å². The molecule has 0 aromatic carbocycles. The second kappa shape index (κ2) is 4.82. The number of carboxylic acid groups (broad SMARTS) is 1. The molecule has 0 unspecified atom stereocenters. The lowest BCUT2D eigenvalue weighted by atomic mass is 10.1. The zero-order valence-corrected chi connectivity index (χ0v) is 11.4. The molecule has 0 saturated carbocycles. The van der Waals surface area contributed by atoms with E-state index in [1.807, 2.05) is 44.5 Å². The van der Waals surface area contributed by atoms with Crippen LogP contribution >= 0.6 is 11.3 Å². The van der Waals surface area contributed by atoms with Crippen LogP contribution in [0, 0.1) is 13.8 Å². The Morgan fingerprint density at radius 1 is 1.44 bits per heavy atom. The Morgan fingerprint density at radius 2 is 2.17 bits per heavy atom. The van der Waals surface area contributed by atoms with Crippen molar-refractivity contribution >= 4 is 29.0 Å². The number of hydrogen-bond acceptors (Lipinski definition) is 2. The minimum atomic E-state index is -0.890. The highest BCUT2D eigenvalue weighted by Gasteiger charge is 2.13. The fourth-order valence-electron chi connectivity index (χ4n) is 1.86. The van der Waals surface area contributed by atoms with Crippen LogP contribution in [0.1, 0.15) is 21.8 Å². The van der Waals surface area contributed by atoms with E-state index >= 15 is 0 Å². The molecule has 3 nitrogen and oxygen atoms in total. The lowest BCUT2D eigenvalue weighted by molar-refractivity contribution is -0.130. The molecule has 0 spiro atoms. The van der Waals surface area contributed by atoms with Gasteiger partial charge in [0, 0.05) is 23.3 Å². The third-order valence-electron chi connectivity index (χ3n) is 3.13. The summed E-state index contributed by atoms with van der Waals surface area (Å²) in [5, 5.41) is 11.2. The highest BCUT2D eigenvalue weighted by molar-refractivity contribution is 7.11. The van der Waals surface area contributed by atoms with E-state index in [0.717, 1.165) is 21.8 Å². The number of thiophene rings is 1. The van der Waals surface area contributed by atoms with Crippen LogP contribution < -0.4 is 0 Å². The van der Waals surface area contributed by atoms with Crippen LogP contribution in [-0.4, -0.2) is 15.6 Å². The molecule has 1 N–H and O–H groups in total. The van der Waals surface area contributed by atoms with E-state index in [2.05, 4.69) is 4.57 Å². The molecule has 0 bridgehead atoms. The predicted molar refractivity (Wildman–Crippen MR) is 74.7 cm³/mol. The molecule has 0 aliphatic heterocycles. The number of aryl methyl sites for hydroxylation is 1. The summed E-state index contributed by atoms with van der Waals surface area (Å²) in [7, 11) is 1.98. The van der Waals surface area contributed by atoms with Crippen LogP contribution in [0.15, 0.2) is 23.6 Å². The first-order chi connectivity index (χ1) is 8.50. The van der Waals surface area contributed by atoms with E-state index in [1.165, 1.54) is 11.3 Å². The maximum absolute atomic E-state index is 11.3. The van der Waals surface area contributed by atoms with Crippen LogP contribution in [0.4, 0.5) is 0 Å². The number of nitrogens with zero attached hydrogens (tertiary/aromatic N) is 1. The van der Waals surface area contributed by atoms with Gasteiger partial charge in [-0.2, -0.15) is 0 Å². The Balaban J connectivity index is 2.52. The van der Waals surface area contributed by atoms with Crippen LogP contribution in [0.3, 0.4) is 0 Å². The predicted octanol–water partition coefficient (Wildman–Crippen LogP) is 3.33. The molecule has 18 heavy (non-hydrogen) atoms. The zero-order chi connectivity index (χ0) is 13.3. The topological polar surface area (TPSA) is 42.2 Å². The Morgan fingerprint density at radius 3 is 2.61 bits per heavy atom. The first kappa shape index (κ1) is 12.6. The Hall–Kier alpha value is -1.81. The molecule has 0 aliphatic carbocycles. The van der Waals surface area contributed by atoms with Gasteiger partial charge in [0.1, 0.15) is 0 Å². The Labute approximate surface area is 110 Å². The highest BCUT2D eigenvalue weighted by Crippen LogP contribution is 2.25. The van der Waals surface area contributed by atoms with Crippen molar-refractivity contribution < 1.29 is 9.90 Å². The van der Waals surface area contributed by atoms with Gasteiger partial charge in [0.25, 0.3) is 0 Å². The molecule has 0 aliphatic rings. The van der Waals surface area contributed by atoms with Crippen molar-refractivity contribution in [3.05, 3.63) is 45.4 Å². The van der Waals surface area contributed by atoms with Crippen molar-refractivity contribution in [3.63, 3.8) is 0 Å². The third-order valence-corrected chi connectivity index (χ3v) is 4.03. The van der Waals surface area contributed by atoms with Gasteiger partial charge in [-0.3, -0.25) is 0 Å². The molecule has 94 valence electrons. The third kappa shape index (κ3) is 2.24. The SMILES string of the molecule is Cc1cc(C=C(C(=O)O)c2cccs2)c(C)n1C. The fraction of sp³-hybridized carbons (Fsp3) is 0.214. The van der Waals surface area contributed by atoms with Gasteiger partial charge in [0.15, 0.2) is 0 Å². The number of carboxylic acids is 1. The number of rotatable bonds is 3. The van der Waals surface area contributed by atoms with Crippen molar-refractivity contribution in [3.8, 4) is 0 Å². The monoisotopic (exact) mass is 261 g/mol. The van der Waals surface area contributed by atoms with Gasteiger partial charge in [0.05, 0.1) is 5.57 Å². The van der Waals surface area contributed by atoms with Gasteiger partial charge in [-0.1, -0.05) is 6.07 Å². The summed E-state index contributed by atoms with van der Waals surface area (Å²) in [6.07, 6.45) is 1.75. The number of hydrogen-bond donors (Lipinski definition) is 1. The number of aliphatic carboxylic acids is 1. The van der Waals surface area contributed by atoms with Gasteiger partial charge in [-0.25, -0.2) is 4.79 Å². The second-order valence-corrected chi connectivity index (χ2v) is 5.17. The largest absolute Gasteiger partial charge is 0.478 e. The van der Waals surface area contributed by atoms with E-state index in [0.29, 0.717) is 5.57 Å². The maximum Gasteiger partial charge on any atom is 0.337 e. The number of aromatic nitrogens is 1. The van der Waals surface area contributed by atoms with Gasteiger partial charge < -0.3 is 9.67 Å². The van der Waals surface area contributed by atoms with E-state index in [9.17, 15) is 9.90 Å². The van der Waals surface area contributed by atoms with Gasteiger partial charge in [-0.05, 0) is 43.0 Å². The quantitative estimate of drug-likeness (QED) is 0.861. The summed E-state index contributed by atoms with van der Waals surface area (Å²) >= 11 is 1.44. The van der Waals surface area contributed by atoms with Gasteiger partial charge in [-0.15, -0.1) is 11.3 Å². The Kier molecular flexibility index (Phi) is 3.39. The molecule has 0 saturated heterocycles. The van der Waals surface area contributed by atoms with E-state index < -0.39 is 5.97 Å². The summed E-state index contributed by atoms with van der Waals surface area (Å²) < 4.78 is 2.06. The lowest BCUT2D eigenvalue weighted by Gasteiger charge is -2.01. The van der Waals surface area contributed by atoms with Crippen LogP contribution in [0.2, 0.25) is 0 Å². The van der Waals surface area contributed by atoms with E-state index in [1.54, 1.807) is 6.08 Å². The average molecular weight is 261 g/mol. The minimum absolute atomic E-state index is 0.346. The zero-order valence-electron chi connectivity index (χ0n) is 10.6. The van der Waals surface area contributed by atoms with Crippen molar-refractivity contribution in [2.75, 3.05) is 0 Å². The normalized spacial score (nSPS) is 11.8. The average Bonchev–Trinajstić information content (AvgIpc) is 2.91. The first-order valence-electron chi connectivity index (χ1n) is 5.62. The summed E-state index contributed by atoms with van der Waals surface area (Å²) in [6.45, 7) is 4.00. The molecule has 2 rings (SSSR count). The number of carbonyl (C=O) groups is 1. The van der Waals surface area contributed by atoms with Crippen molar-refractivity contribution in [2.24, 2.45) is 7.05 Å². The molecule has 0 fully saturated rings. The maximum atomic E-state index is 11.3. The standard InChI is InChI=1S/C14H15NO2S/c1-9-7-11(10(2)15(9)3)8-12(14(16)17)13-5-4-6-18-13/h4-8H,1-3H3,(H,16,17).